The topological polar surface area (TPSA) is 47.7 Å². The molecular formula is C15H24N2O2. The van der Waals surface area contributed by atoms with E-state index in [1.54, 1.807) is 7.11 Å². The molecule has 1 fully saturated rings. The first-order valence-electron chi connectivity index (χ1n) is 6.99. The number of hydrogen-bond donors (Lipinski definition) is 1. The third kappa shape index (κ3) is 4.49. The van der Waals surface area contributed by atoms with Crippen LogP contribution in [0.3, 0.4) is 0 Å². The number of ether oxygens (including phenoxy) is 2. The SMILES string of the molecule is COc1ccc(CCN2CCOC(CCN)C2)cc1. The first-order chi connectivity index (χ1) is 9.31. The summed E-state index contributed by atoms with van der Waals surface area (Å²) < 4.78 is 10.9. The second-order valence-corrected chi connectivity index (χ2v) is 4.97. The average Bonchev–Trinajstić information content (AvgIpc) is 2.46. The number of nitrogens with two attached hydrogens (primary N) is 1. The van der Waals surface area contributed by atoms with Gasteiger partial charge in [-0.1, -0.05) is 12.1 Å². The van der Waals surface area contributed by atoms with E-state index in [0.29, 0.717) is 12.6 Å². The third-order valence-electron chi connectivity index (χ3n) is 3.59. The Balaban J connectivity index is 1.77. The molecule has 2 N–H and O–H groups in total. The number of morpholine rings is 1. The molecule has 1 aliphatic heterocycles. The molecule has 0 saturated carbocycles. The fourth-order valence-corrected chi connectivity index (χ4v) is 2.42. The van der Waals surface area contributed by atoms with Crippen LogP contribution in [0.2, 0.25) is 0 Å². The molecule has 0 aliphatic carbocycles. The molecule has 1 saturated heterocycles. The van der Waals surface area contributed by atoms with Gasteiger partial charge >= 0.3 is 0 Å². The van der Waals surface area contributed by atoms with Crippen molar-refractivity contribution in [2.75, 3.05) is 39.9 Å². The molecule has 0 spiro atoms. The predicted octanol–water partition coefficient (Wildman–Crippen LogP) is 1.29. The summed E-state index contributed by atoms with van der Waals surface area (Å²) in [6, 6.07) is 8.31. The highest BCUT2D eigenvalue weighted by Crippen LogP contribution is 2.13. The molecule has 4 nitrogen and oxygen atoms in total. The lowest BCUT2D eigenvalue weighted by molar-refractivity contribution is -0.0302. The van der Waals surface area contributed by atoms with Crippen LogP contribution in [0, 0.1) is 0 Å². The predicted molar refractivity (Wildman–Crippen MR) is 76.5 cm³/mol. The van der Waals surface area contributed by atoms with E-state index in [9.17, 15) is 0 Å². The maximum absolute atomic E-state index is 5.69. The lowest BCUT2D eigenvalue weighted by Crippen LogP contribution is -2.43. The minimum atomic E-state index is 0.314. The highest BCUT2D eigenvalue weighted by Gasteiger charge is 2.19. The van der Waals surface area contributed by atoms with E-state index in [-0.39, 0.29) is 0 Å². The molecule has 19 heavy (non-hydrogen) atoms. The fraction of sp³-hybridized carbons (Fsp3) is 0.600. The Morgan fingerprint density at radius 3 is 2.84 bits per heavy atom. The fourth-order valence-electron chi connectivity index (χ4n) is 2.42. The van der Waals surface area contributed by atoms with Gasteiger partial charge in [0.05, 0.1) is 19.8 Å². The van der Waals surface area contributed by atoms with Crippen molar-refractivity contribution < 1.29 is 9.47 Å². The zero-order chi connectivity index (χ0) is 13.5. The van der Waals surface area contributed by atoms with Crippen molar-refractivity contribution in [1.82, 2.24) is 4.90 Å². The number of rotatable bonds is 6. The van der Waals surface area contributed by atoms with Crippen LogP contribution < -0.4 is 10.5 Å². The highest BCUT2D eigenvalue weighted by atomic mass is 16.5. The van der Waals surface area contributed by atoms with Gasteiger partial charge in [0.25, 0.3) is 0 Å². The van der Waals surface area contributed by atoms with Gasteiger partial charge in [-0.25, -0.2) is 0 Å². The molecular weight excluding hydrogens is 240 g/mol. The van der Waals surface area contributed by atoms with E-state index in [2.05, 4.69) is 17.0 Å². The van der Waals surface area contributed by atoms with Crippen molar-refractivity contribution in [2.45, 2.75) is 18.9 Å². The van der Waals surface area contributed by atoms with Crippen molar-refractivity contribution in [3.8, 4) is 5.75 Å². The minimum Gasteiger partial charge on any atom is -0.497 e. The zero-order valence-electron chi connectivity index (χ0n) is 11.7. The molecule has 1 heterocycles. The zero-order valence-corrected chi connectivity index (χ0v) is 11.7. The van der Waals surface area contributed by atoms with E-state index >= 15 is 0 Å². The molecule has 1 atom stereocenters. The van der Waals surface area contributed by atoms with E-state index in [0.717, 1.165) is 44.8 Å². The Hall–Kier alpha value is -1.10. The van der Waals surface area contributed by atoms with Crippen molar-refractivity contribution in [3.05, 3.63) is 29.8 Å². The lowest BCUT2D eigenvalue weighted by atomic mass is 10.1. The largest absolute Gasteiger partial charge is 0.497 e. The summed E-state index contributed by atoms with van der Waals surface area (Å²) in [5.41, 5.74) is 6.94. The second-order valence-electron chi connectivity index (χ2n) is 4.97. The van der Waals surface area contributed by atoms with Crippen molar-refractivity contribution in [2.24, 2.45) is 5.73 Å². The van der Waals surface area contributed by atoms with Gasteiger partial charge in [0.15, 0.2) is 0 Å². The summed E-state index contributed by atoms with van der Waals surface area (Å²) >= 11 is 0. The molecule has 1 aliphatic rings. The molecule has 106 valence electrons. The Morgan fingerprint density at radius 2 is 2.16 bits per heavy atom. The third-order valence-corrected chi connectivity index (χ3v) is 3.59. The monoisotopic (exact) mass is 264 g/mol. The summed E-state index contributed by atoms with van der Waals surface area (Å²) in [5.74, 6) is 0.915. The molecule has 4 heteroatoms. The Labute approximate surface area is 115 Å². The maximum atomic E-state index is 5.69. The van der Waals surface area contributed by atoms with Crippen LogP contribution in [0.25, 0.3) is 0 Å². The summed E-state index contributed by atoms with van der Waals surface area (Å²) in [4.78, 5) is 2.47. The standard InChI is InChI=1S/C15H24N2O2/c1-18-14-4-2-13(3-5-14)7-9-17-10-11-19-15(12-17)6-8-16/h2-5,15H,6-12,16H2,1H3. The summed E-state index contributed by atoms with van der Waals surface area (Å²) in [6.45, 7) is 4.64. The number of methoxy groups -OCH3 is 1. The van der Waals surface area contributed by atoms with Crippen LogP contribution >= 0.6 is 0 Å². The van der Waals surface area contributed by atoms with Crippen LogP contribution in [-0.4, -0.2) is 50.9 Å². The van der Waals surface area contributed by atoms with Crippen molar-refractivity contribution in [3.63, 3.8) is 0 Å². The molecule has 0 bridgehead atoms. The van der Waals surface area contributed by atoms with Crippen LogP contribution in [0.4, 0.5) is 0 Å². The number of benzene rings is 1. The molecule has 1 unspecified atom stereocenters. The lowest BCUT2D eigenvalue weighted by Gasteiger charge is -2.32. The van der Waals surface area contributed by atoms with Gasteiger partial charge in [-0.3, -0.25) is 4.90 Å². The van der Waals surface area contributed by atoms with Crippen LogP contribution in [0.1, 0.15) is 12.0 Å². The summed E-state index contributed by atoms with van der Waals surface area (Å²) in [6.07, 6.45) is 2.34. The van der Waals surface area contributed by atoms with E-state index in [4.69, 9.17) is 15.2 Å². The molecule has 1 aromatic rings. The number of nitrogens with zero attached hydrogens (tertiary/aromatic N) is 1. The van der Waals surface area contributed by atoms with Gasteiger partial charge in [0, 0.05) is 19.6 Å². The van der Waals surface area contributed by atoms with Gasteiger partial charge in [-0.15, -0.1) is 0 Å². The highest BCUT2D eigenvalue weighted by molar-refractivity contribution is 5.27. The smallest absolute Gasteiger partial charge is 0.118 e. The molecule has 0 radical (unpaired) electrons. The first kappa shape index (κ1) is 14.3. The normalized spacial score (nSPS) is 20.4. The van der Waals surface area contributed by atoms with Crippen molar-refractivity contribution >= 4 is 0 Å². The minimum absolute atomic E-state index is 0.314. The quantitative estimate of drug-likeness (QED) is 0.841. The summed E-state index contributed by atoms with van der Waals surface area (Å²) in [7, 11) is 1.69. The Morgan fingerprint density at radius 1 is 1.37 bits per heavy atom. The molecule has 1 aromatic carbocycles. The van der Waals surface area contributed by atoms with E-state index < -0.39 is 0 Å². The second kappa shape index (κ2) is 7.48. The van der Waals surface area contributed by atoms with Gasteiger partial charge in [-0.2, -0.15) is 0 Å². The van der Waals surface area contributed by atoms with Gasteiger partial charge in [-0.05, 0) is 37.1 Å². The van der Waals surface area contributed by atoms with E-state index in [1.165, 1.54) is 5.56 Å². The maximum Gasteiger partial charge on any atom is 0.118 e. The van der Waals surface area contributed by atoms with Gasteiger partial charge in [0.2, 0.25) is 0 Å². The van der Waals surface area contributed by atoms with Gasteiger partial charge in [0.1, 0.15) is 5.75 Å². The summed E-state index contributed by atoms with van der Waals surface area (Å²) in [5, 5.41) is 0. The Bertz CT molecular complexity index is 365. The van der Waals surface area contributed by atoms with Crippen LogP contribution in [0.15, 0.2) is 24.3 Å². The van der Waals surface area contributed by atoms with Crippen molar-refractivity contribution in [1.29, 1.82) is 0 Å². The molecule has 0 aromatic heterocycles. The average molecular weight is 264 g/mol. The van der Waals surface area contributed by atoms with Gasteiger partial charge < -0.3 is 15.2 Å². The van der Waals surface area contributed by atoms with Crippen LogP contribution in [-0.2, 0) is 11.2 Å². The Kier molecular flexibility index (Phi) is 5.63. The van der Waals surface area contributed by atoms with E-state index in [1.807, 2.05) is 12.1 Å². The first-order valence-corrected chi connectivity index (χ1v) is 6.99. The molecule has 0 amide bonds. The number of hydrogen-bond acceptors (Lipinski definition) is 4. The molecule has 2 rings (SSSR count). The van der Waals surface area contributed by atoms with Crippen LogP contribution in [0.5, 0.6) is 5.75 Å².